The maximum Gasteiger partial charge on any atom is 0.255 e. The Hall–Kier alpha value is -0.880. The molecule has 0 aromatic carbocycles. The van der Waals surface area contributed by atoms with E-state index in [4.69, 9.17) is 11.6 Å². The quantitative estimate of drug-likeness (QED) is 0.790. The van der Waals surface area contributed by atoms with Crippen LogP contribution in [0.15, 0.2) is 10.9 Å². The number of hydrogen-bond acceptors (Lipinski definition) is 4. The van der Waals surface area contributed by atoms with Crippen LogP contribution in [0.2, 0.25) is 5.15 Å². The van der Waals surface area contributed by atoms with Crippen molar-refractivity contribution < 1.29 is 8.42 Å². The predicted octanol–water partition coefficient (Wildman–Crippen LogP) is 1.42. The van der Waals surface area contributed by atoms with Crippen LogP contribution in [0, 0.1) is 6.92 Å². The monoisotopic (exact) mass is 292 g/mol. The van der Waals surface area contributed by atoms with Gasteiger partial charge >= 0.3 is 0 Å². The molecule has 1 aromatic rings. The Morgan fingerprint density at radius 3 is 2.39 bits per heavy atom. The van der Waals surface area contributed by atoms with Crippen LogP contribution in [0.5, 0.6) is 0 Å². The highest BCUT2D eigenvalue weighted by atomic mass is 35.5. The van der Waals surface area contributed by atoms with Gasteiger partial charge in [-0.05, 0) is 27.7 Å². The minimum atomic E-state index is -3.26. The molecule has 1 heterocycles. The van der Waals surface area contributed by atoms with Gasteiger partial charge in [0.25, 0.3) is 5.56 Å². The van der Waals surface area contributed by atoms with Crippen LogP contribution in [0.3, 0.4) is 0 Å². The number of nitrogens with zero attached hydrogens (tertiary/aromatic N) is 2. The summed E-state index contributed by atoms with van der Waals surface area (Å²) in [5.74, 6) is 0.317. The van der Waals surface area contributed by atoms with Crippen molar-refractivity contribution in [3.8, 4) is 0 Å². The molecule has 0 N–H and O–H groups in total. The summed E-state index contributed by atoms with van der Waals surface area (Å²) < 4.78 is 24.4. The molecule has 0 saturated carbocycles. The highest BCUT2D eigenvalue weighted by molar-refractivity contribution is 7.92. The minimum absolute atomic E-state index is 0.0917. The molecule has 5 nitrogen and oxygen atoms in total. The van der Waals surface area contributed by atoms with Crippen LogP contribution in [0.1, 0.15) is 26.6 Å². The highest BCUT2D eigenvalue weighted by Gasteiger charge is 2.28. The fraction of sp³-hybridized carbons (Fsp3) is 0.636. The zero-order valence-electron chi connectivity index (χ0n) is 10.9. The summed E-state index contributed by atoms with van der Waals surface area (Å²) in [6, 6.07) is 1.18. The molecule has 0 aliphatic rings. The van der Waals surface area contributed by atoms with Gasteiger partial charge < -0.3 is 0 Å². The second-order valence-electron chi connectivity index (χ2n) is 5.05. The predicted molar refractivity (Wildman–Crippen MR) is 71.8 cm³/mol. The lowest BCUT2D eigenvalue weighted by Crippen LogP contribution is -2.34. The van der Waals surface area contributed by atoms with Gasteiger partial charge in [0, 0.05) is 12.6 Å². The molecule has 18 heavy (non-hydrogen) atoms. The van der Waals surface area contributed by atoms with E-state index in [0.29, 0.717) is 5.82 Å². The molecule has 0 aliphatic heterocycles. The fourth-order valence-corrected chi connectivity index (χ4v) is 2.63. The van der Waals surface area contributed by atoms with E-state index in [0.717, 1.165) is 0 Å². The van der Waals surface area contributed by atoms with Gasteiger partial charge in [0.15, 0.2) is 9.84 Å². The van der Waals surface area contributed by atoms with E-state index in [2.05, 4.69) is 4.98 Å². The average molecular weight is 293 g/mol. The lowest BCUT2D eigenvalue weighted by Gasteiger charge is -2.19. The summed E-state index contributed by atoms with van der Waals surface area (Å²) in [5, 5.41) is 0.118. The molecule has 0 radical (unpaired) electrons. The van der Waals surface area contributed by atoms with Gasteiger partial charge in [0.2, 0.25) is 0 Å². The van der Waals surface area contributed by atoms with Crippen molar-refractivity contribution in [1.29, 1.82) is 0 Å². The zero-order valence-corrected chi connectivity index (χ0v) is 12.5. The van der Waals surface area contributed by atoms with Crippen molar-refractivity contribution in [3.63, 3.8) is 0 Å². The van der Waals surface area contributed by atoms with Gasteiger partial charge in [-0.2, -0.15) is 0 Å². The lowest BCUT2D eigenvalue weighted by atomic mass is 10.3. The maximum atomic E-state index is 12.0. The first kappa shape index (κ1) is 15.2. The first-order valence-corrected chi connectivity index (χ1v) is 7.54. The van der Waals surface area contributed by atoms with Gasteiger partial charge in [-0.1, -0.05) is 11.6 Å². The van der Waals surface area contributed by atoms with Crippen molar-refractivity contribution in [2.24, 2.45) is 0 Å². The molecule has 1 aromatic heterocycles. The van der Waals surface area contributed by atoms with Crippen LogP contribution in [0.4, 0.5) is 0 Å². The van der Waals surface area contributed by atoms with Crippen molar-refractivity contribution in [2.75, 3.05) is 5.75 Å². The molecule has 0 amide bonds. The summed E-state index contributed by atoms with van der Waals surface area (Å²) in [7, 11) is -3.26. The van der Waals surface area contributed by atoms with Gasteiger partial charge in [-0.15, -0.1) is 0 Å². The summed E-state index contributed by atoms with van der Waals surface area (Å²) in [4.78, 5) is 15.6. The Kier molecular flexibility index (Phi) is 4.23. The Morgan fingerprint density at radius 2 is 1.94 bits per heavy atom. The summed E-state index contributed by atoms with van der Waals surface area (Å²) in [6.07, 6.45) is 0. The SMILES string of the molecule is Cc1nc(Cl)cc(=O)n1CCS(=O)(=O)C(C)(C)C. The van der Waals surface area contributed by atoms with Gasteiger partial charge in [0.05, 0.1) is 10.5 Å². The van der Waals surface area contributed by atoms with Crippen LogP contribution in [0.25, 0.3) is 0 Å². The number of aryl methyl sites for hydroxylation is 1. The topological polar surface area (TPSA) is 69.0 Å². The van der Waals surface area contributed by atoms with Gasteiger partial charge in [-0.3, -0.25) is 9.36 Å². The standard InChI is InChI=1S/C11H17ClN2O3S/c1-8-13-9(12)7-10(15)14(8)5-6-18(16,17)11(2,3)4/h7H,5-6H2,1-4H3. The van der Waals surface area contributed by atoms with Crippen molar-refractivity contribution in [1.82, 2.24) is 9.55 Å². The van der Waals surface area contributed by atoms with E-state index < -0.39 is 14.6 Å². The highest BCUT2D eigenvalue weighted by Crippen LogP contribution is 2.16. The first-order valence-electron chi connectivity index (χ1n) is 5.51. The van der Waals surface area contributed by atoms with Gasteiger partial charge in [-0.25, -0.2) is 13.4 Å². The fourth-order valence-electron chi connectivity index (χ4n) is 1.38. The number of rotatable bonds is 3. The third kappa shape index (κ3) is 3.32. The number of aromatic nitrogens is 2. The molecule has 7 heteroatoms. The molecule has 0 bridgehead atoms. The van der Waals surface area contributed by atoms with E-state index in [9.17, 15) is 13.2 Å². The smallest absolute Gasteiger partial charge is 0.255 e. The Bertz CT molecular complexity index is 600. The first-order chi connectivity index (χ1) is 8.04. The number of hydrogen-bond donors (Lipinski definition) is 0. The second-order valence-corrected chi connectivity index (χ2v) is 8.30. The van der Waals surface area contributed by atoms with Crippen LogP contribution >= 0.6 is 11.6 Å². The molecular weight excluding hydrogens is 276 g/mol. The molecule has 0 spiro atoms. The van der Waals surface area contributed by atoms with Crippen molar-refractivity contribution >= 4 is 21.4 Å². The van der Waals surface area contributed by atoms with E-state index in [-0.39, 0.29) is 23.0 Å². The largest absolute Gasteiger partial charge is 0.296 e. The van der Waals surface area contributed by atoms with E-state index in [1.54, 1.807) is 27.7 Å². The molecule has 0 fully saturated rings. The van der Waals surface area contributed by atoms with Crippen molar-refractivity contribution in [3.05, 3.63) is 27.4 Å². The number of sulfone groups is 1. The molecule has 0 atom stereocenters. The summed E-state index contributed by atoms with van der Waals surface area (Å²) >= 11 is 5.64. The van der Waals surface area contributed by atoms with Gasteiger partial charge in [0.1, 0.15) is 11.0 Å². The van der Waals surface area contributed by atoms with Crippen LogP contribution in [-0.2, 0) is 16.4 Å². The Morgan fingerprint density at radius 1 is 1.39 bits per heavy atom. The molecule has 0 aliphatic carbocycles. The third-order valence-electron chi connectivity index (χ3n) is 2.68. The maximum absolute atomic E-state index is 12.0. The molecular formula is C11H17ClN2O3S. The molecule has 0 saturated heterocycles. The van der Waals surface area contributed by atoms with Crippen molar-refractivity contribution in [2.45, 2.75) is 39.0 Å². The Labute approximate surface area is 112 Å². The van der Waals surface area contributed by atoms with E-state index >= 15 is 0 Å². The normalized spacial score (nSPS) is 12.7. The molecule has 1 rings (SSSR count). The minimum Gasteiger partial charge on any atom is -0.296 e. The van der Waals surface area contributed by atoms with E-state index in [1.165, 1.54) is 10.6 Å². The van der Waals surface area contributed by atoms with Crippen LogP contribution < -0.4 is 5.56 Å². The molecule has 102 valence electrons. The average Bonchev–Trinajstić information content (AvgIpc) is 2.13. The van der Waals surface area contributed by atoms with Crippen LogP contribution in [-0.4, -0.2) is 28.5 Å². The summed E-state index contributed by atoms with van der Waals surface area (Å²) in [6.45, 7) is 6.62. The third-order valence-corrected chi connectivity index (χ3v) is 5.46. The lowest BCUT2D eigenvalue weighted by molar-refractivity contribution is 0.550. The number of halogens is 1. The molecule has 0 unspecified atom stereocenters. The summed E-state index contributed by atoms with van der Waals surface area (Å²) in [5.41, 5.74) is -0.336. The Balaban J connectivity index is 2.99. The zero-order chi connectivity index (χ0) is 14.1. The second kappa shape index (κ2) is 5.01. The van der Waals surface area contributed by atoms with E-state index in [1.807, 2.05) is 0 Å².